The summed E-state index contributed by atoms with van der Waals surface area (Å²) in [6.45, 7) is 5.15. The first kappa shape index (κ1) is 20.7. The van der Waals surface area contributed by atoms with E-state index in [1.165, 1.54) is 5.56 Å². The first-order chi connectivity index (χ1) is 14.0. The molecule has 3 aromatic rings. The lowest BCUT2D eigenvalue weighted by Gasteiger charge is -2.20. The molecule has 0 aliphatic heterocycles. The van der Waals surface area contributed by atoms with E-state index in [0.29, 0.717) is 18.3 Å². The molecule has 1 aromatic carbocycles. The van der Waals surface area contributed by atoms with Crippen molar-refractivity contribution in [2.24, 2.45) is 4.99 Å². The van der Waals surface area contributed by atoms with Gasteiger partial charge in [0.05, 0.1) is 12.8 Å². The van der Waals surface area contributed by atoms with Crippen LogP contribution in [0.2, 0.25) is 0 Å². The van der Waals surface area contributed by atoms with E-state index < -0.39 is 5.60 Å². The highest BCUT2D eigenvalue weighted by Gasteiger charge is 2.26. The minimum atomic E-state index is -1.18. The number of benzene rings is 1. The highest BCUT2D eigenvalue weighted by Crippen LogP contribution is 2.23. The second-order valence-corrected chi connectivity index (χ2v) is 7.27. The lowest BCUT2D eigenvalue weighted by molar-refractivity contribution is 0.0428. The Morgan fingerprint density at radius 2 is 1.76 bits per heavy atom. The lowest BCUT2D eigenvalue weighted by Crippen LogP contribution is -2.40. The zero-order valence-electron chi connectivity index (χ0n) is 17.0. The van der Waals surface area contributed by atoms with Gasteiger partial charge in [0.25, 0.3) is 0 Å². The summed E-state index contributed by atoms with van der Waals surface area (Å²) in [5.41, 5.74) is 0.0801. The number of aliphatic hydroxyl groups is 1. The molecule has 6 nitrogen and oxygen atoms in total. The molecule has 0 fully saturated rings. The van der Waals surface area contributed by atoms with E-state index in [9.17, 15) is 5.11 Å². The van der Waals surface area contributed by atoms with Crippen LogP contribution in [-0.2, 0) is 18.4 Å². The molecule has 0 saturated heterocycles. The largest absolute Gasteiger partial charge is 0.469 e. The average Bonchev–Trinajstić information content (AvgIpc) is 3.39. The van der Waals surface area contributed by atoms with Gasteiger partial charge in [-0.1, -0.05) is 30.3 Å². The molecule has 0 aliphatic rings. The van der Waals surface area contributed by atoms with Crippen LogP contribution in [0.1, 0.15) is 29.8 Å². The van der Waals surface area contributed by atoms with Crippen LogP contribution in [0.3, 0.4) is 0 Å². The zero-order valence-corrected chi connectivity index (χ0v) is 17.0. The Kier molecular flexibility index (Phi) is 7.14. The number of nitrogens with zero attached hydrogens (tertiary/aromatic N) is 1. The number of hydrogen-bond acceptors (Lipinski definition) is 4. The van der Waals surface area contributed by atoms with Crippen LogP contribution in [0, 0.1) is 6.92 Å². The highest BCUT2D eigenvalue weighted by atomic mass is 16.4. The molecule has 0 aliphatic carbocycles. The molecule has 0 bridgehead atoms. The summed E-state index contributed by atoms with van der Waals surface area (Å²) in [6.07, 6.45) is 3.30. The standard InChI is InChI=1S/C23H29N3O3/c1-18-10-11-21(29-18)23(2,27)17-26-22(25-15-13-20-9-6-16-28-20)24-14-12-19-7-4-3-5-8-19/h3-11,16,27H,12-15,17H2,1-2H3,(H2,24,25,26). The SMILES string of the molecule is Cc1ccc(C(C)(O)CN=C(NCCc2ccccc2)NCCc2ccco2)o1. The highest BCUT2D eigenvalue weighted by molar-refractivity contribution is 5.79. The Morgan fingerprint density at radius 1 is 1.00 bits per heavy atom. The fraction of sp³-hybridized carbons (Fsp3) is 0.348. The van der Waals surface area contributed by atoms with Gasteiger partial charge in [-0.2, -0.15) is 0 Å². The molecule has 0 spiro atoms. The molecule has 2 heterocycles. The molecule has 154 valence electrons. The molecule has 1 atom stereocenters. The van der Waals surface area contributed by atoms with Gasteiger partial charge in [0.15, 0.2) is 5.96 Å². The van der Waals surface area contributed by atoms with Gasteiger partial charge in [0, 0.05) is 19.5 Å². The summed E-state index contributed by atoms with van der Waals surface area (Å²) in [7, 11) is 0. The third kappa shape index (κ3) is 6.54. The summed E-state index contributed by atoms with van der Waals surface area (Å²) < 4.78 is 11.0. The minimum Gasteiger partial charge on any atom is -0.469 e. The van der Waals surface area contributed by atoms with Crippen LogP contribution in [0.4, 0.5) is 0 Å². The van der Waals surface area contributed by atoms with Gasteiger partial charge >= 0.3 is 0 Å². The third-order valence-corrected chi connectivity index (χ3v) is 4.61. The molecule has 6 heteroatoms. The van der Waals surface area contributed by atoms with E-state index in [1.807, 2.05) is 43.3 Å². The normalized spacial score (nSPS) is 13.8. The number of nitrogens with one attached hydrogen (secondary N) is 2. The van der Waals surface area contributed by atoms with Gasteiger partial charge in [0.1, 0.15) is 22.9 Å². The zero-order chi connectivity index (χ0) is 20.5. The van der Waals surface area contributed by atoms with Crippen molar-refractivity contribution in [1.29, 1.82) is 0 Å². The van der Waals surface area contributed by atoms with Gasteiger partial charge in [-0.05, 0) is 50.1 Å². The summed E-state index contributed by atoms with van der Waals surface area (Å²) in [6, 6.07) is 17.8. The number of aliphatic imine (C=N–C) groups is 1. The van der Waals surface area contributed by atoms with Crippen molar-refractivity contribution < 1.29 is 13.9 Å². The summed E-state index contributed by atoms with van der Waals surface area (Å²) in [5, 5.41) is 17.4. The molecule has 3 rings (SSSR count). The number of guanidine groups is 1. The van der Waals surface area contributed by atoms with Crippen LogP contribution >= 0.6 is 0 Å². The predicted octanol–water partition coefficient (Wildman–Crippen LogP) is 3.41. The predicted molar refractivity (Wildman–Crippen MR) is 114 cm³/mol. The molecular formula is C23H29N3O3. The Hall–Kier alpha value is -2.99. The topological polar surface area (TPSA) is 82.9 Å². The Balaban J connectivity index is 1.59. The maximum atomic E-state index is 10.8. The van der Waals surface area contributed by atoms with Crippen LogP contribution < -0.4 is 10.6 Å². The molecule has 2 aromatic heterocycles. The summed E-state index contributed by atoms with van der Waals surface area (Å²) in [5.74, 6) is 2.84. The molecule has 29 heavy (non-hydrogen) atoms. The maximum Gasteiger partial charge on any atom is 0.191 e. The monoisotopic (exact) mass is 395 g/mol. The van der Waals surface area contributed by atoms with Crippen molar-refractivity contribution in [3.63, 3.8) is 0 Å². The Labute approximate surface area is 171 Å². The van der Waals surface area contributed by atoms with Gasteiger partial charge < -0.3 is 24.6 Å². The lowest BCUT2D eigenvalue weighted by atomic mass is 10.0. The summed E-state index contributed by atoms with van der Waals surface area (Å²) >= 11 is 0. The Bertz CT molecular complexity index is 883. The van der Waals surface area contributed by atoms with E-state index >= 15 is 0 Å². The fourth-order valence-electron chi connectivity index (χ4n) is 2.94. The van der Waals surface area contributed by atoms with Crippen molar-refractivity contribution in [3.05, 3.63) is 83.7 Å². The van der Waals surface area contributed by atoms with Crippen LogP contribution in [0.15, 0.2) is 74.7 Å². The Morgan fingerprint density at radius 3 is 2.41 bits per heavy atom. The van der Waals surface area contributed by atoms with Gasteiger partial charge in [-0.25, -0.2) is 4.99 Å². The van der Waals surface area contributed by atoms with E-state index in [2.05, 4.69) is 27.8 Å². The van der Waals surface area contributed by atoms with Crippen molar-refractivity contribution in [2.45, 2.75) is 32.3 Å². The maximum absolute atomic E-state index is 10.8. The number of rotatable bonds is 9. The summed E-state index contributed by atoms with van der Waals surface area (Å²) in [4.78, 5) is 4.58. The molecule has 0 radical (unpaired) electrons. The average molecular weight is 396 g/mol. The van der Waals surface area contributed by atoms with E-state index in [4.69, 9.17) is 8.83 Å². The number of aryl methyl sites for hydroxylation is 1. The molecule has 0 saturated carbocycles. The second-order valence-electron chi connectivity index (χ2n) is 7.27. The molecule has 0 amide bonds. The van der Waals surface area contributed by atoms with Crippen LogP contribution in [0.5, 0.6) is 0 Å². The number of furan rings is 2. The van der Waals surface area contributed by atoms with Crippen molar-refractivity contribution in [3.8, 4) is 0 Å². The quantitative estimate of drug-likeness (QED) is 0.382. The van der Waals surface area contributed by atoms with Crippen molar-refractivity contribution >= 4 is 5.96 Å². The van der Waals surface area contributed by atoms with E-state index in [1.54, 1.807) is 19.3 Å². The minimum absolute atomic E-state index is 0.182. The first-order valence-corrected chi connectivity index (χ1v) is 9.91. The molecule has 1 unspecified atom stereocenters. The van der Waals surface area contributed by atoms with Crippen LogP contribution in [0.25, 0.3) is 0 Å². The van der Waals surface area contributed by atoms with E-state index in [0.717, 1.165) is 30.9 Å². The van der Waals surface area contributed by atoms with Gasteiger partial charge in [-0.15, -0.1) is 0 Å². The smallest absolute Gasteiger partial charge is 0.191 e. The van der Waals surface area contributed by atoms with Crippen molar-refractivity contribution in [1.82, 2.24) is 10.6 Å². The van der Waals surface area contributed by atoms with Crippen molar-refractivity contribution in [2.75, 3.05) is 19.6 Å². The molecular weight excluding hydrogens is 366 g/mol. The third-order valence-electron chi connectivity index (χ3n) is 4.61. The van der Waals surface area contributed by atoms with Gasteiger partial charge in [-0.3, -0.25) is 0 Å². The second kappa shape index (κ2) is 9.98. The fourth-order valence-corrected chi connectivity index (χ4v) is 2.94. The molecule has 3 N–H and O–H groups in total. The van der Waals surface area contributed by atoms with Gasteiger partial charge in [0.2, 0.25) is 0 Å². The first-order valence-electron chi connectivity index (χ1n) is 9.91. The number of hydrogen-bond donors (Lipinski definition) is 3. The van der Waals surface area contributed by atoms with Crippen LogP contribution in [-0.4, -0.2) is 30.7 Å². The van der Waals surface area contributed by atoms with E-state index in [-0.39, 0.29) is 6.54 Å².